The number of anilines is 1. The van der Waals surface area contributed by atoms with E-state index in [1.165, 1.54) is 0 Å². The summed E-state index contributed by atoms with van der Waals surface area (Å²) in [5.41, 5.74) is 3.16. The fourth-order valence-corrected chi connectivity index (χ4v) is 2.09. The first-order valence-electron chi connectivity index (χ1n) is 6.84. The lowest BCUT2D eigenvalue weighted by Gasteiger charge is -2.19. The summed E-state index contributed by atoms with van der Waals surface area (Å²) in [4.78, 5) is 13.9. The highest BCUT2D eigenvalue weighted by molar-refractivity contribution is 5.89. The van der Waals surface area contributed by atoms with Crippen LogP contribution in [0.5, 0.6) is 0 Å². The summed E-state index contributed by atoms with van der Waals surface area (Å²) in [6, 6.07) is 17.8. The maximum absolute atomic E-state index is 12.2. The molecule has 0 aliphatic carbocycles. The van der Waals surface area contributed by atoms with Crippen LogP contribution in [-0.4, -0.2) is 18.0 Å². The van der Waals surface area contributed by atoms with E-state index in [0.29, 0.717) is 6.54 Å². The molecule has 1 N–H and O–H groups in total. The SMILES string of the molecule is CCc1ccccc1NC(=O)N(C)Cc1ccccc1. The summed E-state index contributed by atoms with van der Waals surface area (Å²) in [6.45, 7) is 2.68. The van der Waals surface area contributed by atoms with Crippen LogP contribution in [0.4, 0.5) is 10.5 Å². The van der Waals surface area contributed by atoms with Gasteiger partial charge in [0.25, 0.3) is 0 Å². The normalized spacial score (nSPS) is 10.1. The Kier molecular flexibility index (Phi) is 4.77. The van der Waals surface area contributed by atoms with Gasteiger partial charge in [-0.2, -0.15) is 0 Å². The van der Waals surface area contributed by atoms with E-state index < -0.39 is 0 Å². The number of hydrogen-bond donors (Lipinski definition) is 1. The van der Waals surface area contributed by atoms with Gasteiger partial charge in [-0.05, 0) is 23.6 Å². The highest BCUT2D eigenvalue weighted by Crippen LogP contribution is 2.16. The minimum Gasteiger partial charge on any atom is -0.323 e. The number of aryl methyl sites for hydroxylation is 1. The predicted octanol–water partition coefficient (Wildman–Crippen LogP) is 3.91. The first-order chi connectivity index (χ1) is 9.70. The molecule has 0 aromatic heterocycles. The Labute approximate surface area is 120 Å². The molecule has 0 spiro atoms. The van der Waals surface area contributed by atoms with Crippen LogP contribution in [0.2, 0.25) is 0 Å². The molecule has 0 fully saturated rings. The molecule has 0 heterocycles. The second kappa shape index (κ2) is 6.75. The van der Waals surface area contributed by atoms with E-state index in [2.05, 4.69) is 12.2 Å². The number of urea groups is 1. The Morgan fingerprint density at radius 1 is 1.05 bits per heavy atom. The van der Waals surface area contributed by atoms with Crippen molar-refractivity contribution in [1.29, 1.82) is 0 Å². The largest absolute Gasteiger partial charge is 0.323 e. The van der Waals surface area contributed by atoms with Gasteiger partial charge in [-0.25, -0.2) is 4.79 Å². The summed E-state index contributed by atoms with van der Waals surface area (Å²) in [7, 11) is 1.80. The van der Waals surface area contributed by atoms with Crippen molar-refractivity contribution in [2.24, 2.45) is 0 Å². The number of nitrogens with zero attached hydrogens (tertiary/aromatic N) is 1. The molecule has 0 aliphatic rings. The molecule has 2 amide bonds. The topological polar surface area (TPSA) is 32.3 Å². The summed E-state index contributed by atoms with van der Waals surface area (Å²) in [5, 5.41) is 2.97. The molecular weight excluding hydrogens is 248 g/mol. The van der Waals surface area contributed by atoms with Crippen LogP contribution in [0.3, 0.4) is 0 Å². The number of carbonyl (C=O) groups is 1. The molecule has 0 radical (unpaired) electrons. The summed E-state index contributed by atoms with van der Waals surface area (Å²) < 4.78 is 0. The minimum atomic E-state index is -0.0882. The van der Waals surface area contributed by atoms with Crippen LogP contribution >= 0.6 is 0 Å². The van der Waals surface area contributed by atoms with E-state index in [1.54, 1.807) is 11.9 Å². The van der Waals surface area contributed by atoms with Crippen LogP contribution in [0.1, 0.15) is 18.1 Å². The third kappa shape index (κ3) is 3.60. The van der Waals surface area contributed by atoms with Crippen LogP contribution in [0, 0.1) is 0 Å². The molecule has 20 heavy (non-hydrogen) atoms. The lowest BCUT2D eigenvalue weighted by molar-refractivity contribution is 0.220. The van der Waals surface area contributed by atoms with Crippen LogP contribution < -0.4 is 5.32 Å². The van der Waals surface area contributed by atoms with Crippen molar-refractivity contribution >= 4 is 11.7 Å². The third-order valence-electron chi connectivity index (χ3n) is 3.25. The molecule has 104 valence electrons. The van der Waals surface area contributed by atoms with Crippen molar-refractivity contribution in [3.63, 3.8) is 0 Å². The summed E-state index contributed by atoms with van der Waals surface area (Å²) >= 11 is 0. The van der Waals surface area contributed by atoms with Crippen molar-refractivity contribution in [2.45, 2.75) is 19.9 Å². The second-order valence-electron chi connectivity index (χ2n) is 4.78. The highest BCUT2D eigenvalue weighted by Gasteiger charge is 2.10. The van der Waals surface area contributed by atoms with E-state index in [0.717, 1.165) is 23.2 Å². The Hall–Kier alpha value is -2.29. The van der Waals surface area contributed by atoms with Crippen LogP contribution in [0.25, 0.3) is 0 Å². The van der Waals surface area contributed by atoms with Gasteiger partial charge in [0.15, 0.2) is 0 Å². The molecule has 0 atom stereocenters. The minimum absolute atomic E-state index is 0.0882. The van der Waals surface area contributed by atoms with Gasteiger partial charge >= 0.3 is 6.03 Å². The highest BCUT2D eigenvalue weighted by atomic mass is 16.2. The average Bonchev–Trinajstić information content (AvgIpc) is 2.48. The lowest BCUT2D eigenvalue weighted by Crippen LogP contribution is -2.31. The first-order valence-corrected chi connectivity index (χ1v) is 6.84. The fraction of sp³-hybridized carbons (Fsp3) is 0.235. The molecule has 0 aliphatic heterocycles. The number of nitrogens with one attached hydrogen (secondary N) is 1. The first kappa shape index (κ1) is 14.1. The van der Waals surface area contributed by atoms with Gasteiger partial charge in [0, 0.05) is 19.3 Å². The van der Waals surface area contributed by atoms with E-state index in [1.807, 2.05) is 54.6 Å². The van der Waals surface area contributed by atoms with E-state index in [-0.39, 0.29) is 6.03 Å². The Morgan fingerprint density at radius 3 is 2.40 bits per heavy atom. The molecule has 0 saturated carbocycles. The molecule has 0 bridgehead atoms. The number of carbonyl (C=O) groups excluding carboxylic acids is 1. The Morgan fingerprint density at radius 2 is 1.70 bits per heavy atom. The van der Waals surface area contributed by atoms with Gasteiger partial charge in [-0.15, -0.1) is 0 Å². The zero-order valence-electron chi connectivity index (χ0n) is 12.0. The van der Waals surface area contributed by atoms with Crippen LogP contribution in [0.15, 0.2) is 54.6 Å². The van der Waals surface area contributed by atoms with Crippen molar-refractivity contribution in [1.82, 2.24) is 4.90 Å². The van der Waals surface area contributed by atoms with E-state index >= 15 is 0 Å². The smallest absolute Gasteiger partial charge is 0.321 e. The van der Waals surface area contributed by atoms with Gasteiger partial charge in [0.2, 0.25) is 0 Å². The summed E-state index contributed by atoms with van der Waals surface area (Å²) in [5.74, 6) is 0. The Bertz CT molecular complexity index is 566. The molecule has 0 saturated heterocycles. The maximum Gasteiger partial charge on any atom is 0.321 e. The standard InChI is InChI=1S/C17H20N2O/c1-3-15-11-7-8-12-16(15)18-17(20)19(2)13-14-9-5-4-6-10-14/h4-12H,3,13H2,1-2H3,(H,18,20). The average molecular weight is 268 g/mol. The fourth-order valence-electron chi connectivity index (χ4n) is 2.09. The lowest BCUT2D eigenvalue weighted by atomic mass is 10.1. The van der Waals surface area contributed by atoms with Crippen molar-refractivity contribution in [3.8, 4) is 0 Å². The predicted molar refractivity (Wildman–Crippen MR) is 82.7 cm³/mol. The van der Waals surface area contributed by atoms with E-state index in [4.69, 9.17) is 0 Å². The second-order valence-corrected chi connectivity index (χ2v) is 4.78. The monoisotopic (exact) mass is 268 g/mol. The molecule has 2 aromatic carbocycles. The van der Waals surface area contributed by atoms with Crippen molar-refractivity contribution in [2.75, 3.05) is 12.4 Å². The summed E-state index contributed by atoms with van der Waals surface area (Å²) in [6.07, 6.45) is 0.902. The van der Waals surface area contributed by atoms with Gasteiger partial charge in [-0.3, -0.25) is 0 Å². The quantitative estimate of drug-likeness (QED) is 0.895. The third-order valence-corrected chi connectivity index (χ3v) is 3.25. The van der Waals surface area contributed by atoms with Crippen molar-refractivity contribution in [3.05, 3.63) is 65.7 Å². The number of rotatable bonds is 4. The Balaban J connectivity index is 2.01. The number of amides is 2. The number of para-hydroxylation sites is 1. The number of benzene rings is 2. The molecule has 2 aromatic rings. The molecular formula is C17H20N2O. The maximum atomic E-state index is 12.2. The van der Waals surface area contributed by atoms with E-state index in [9.17, 15) is 4.79 Å². The zero-order valence-corrected chi connectivity index (χ0v) is 12.0. The van der Waals surface area contributed by atoms with Gasteiger partial charge in [0.05, 0.1) is 0 Å². The van der Waals surface area contributed by atoms with Gasteiger partial charge < -0.3 is 10.2 Å². The molecule has 0 unspecified atom stereocenters. The molecule has 2 rings (SSSR count). The number of hydrogen-bond acceptors (Lipinski definition) is 1. The molecule has 3 heteroatoms. The zero-order chi connectivity index (χ0) is 14.4. The van der Waals surface area contributed by atoms with Crippen molar-refractivity contribution < 1.29 is 4.79 Å². The van der Waals surface area contributed by atoms with Crippen LogP contribution in [-0.2, 0) is 13.0 Å². The van der Waals surface area contributed by atoms with Gasteiger partial charge in [-0.1, -0.05) is 55.5 Å². The van der Waals surface area contributed by atoms with Gasteiger partial charge in [0.1, 0.15) is 0 Å². The molecule has 3 nitrogen and oxygen atoms in total.